The lowest BCUT2D eigenvalue weighted by Gasteiger charge is -2.30. The first-order chi connectivity index (χ1) is 14.3. The third kappa shape index (κ3) is 5.15. The van der Waals surface area contributed by atoms with E-state index in [1.807, 2.05) is 4.90 Å². The first-order valence-electron chi connectivity index (χ1n) is 9.02. The van der Waals surface area contributed by atoms with Crippen molar-refractivity contribution in [3.8, 4) is 0 Å². The number of nitrogens with one attached hydrogen (secondary N) is 1. The number of nitrogens with zero attached hydrogens (tertiary/aromatic N) is 2. The number of hydrogen-bond acceptors (Lipinski definition) is 5. The molecule has 0 radical (unpaired) electrons. The van der Waals surface area contributed by atoms with E-state index < -0.39 is 22.6 Å². The van der Waals surface area contributed by atoms with Gasteiger partial charge in [0.05, 0.1) is 40.6 Å². The van der Waals surface area contributed by atoms with E-state index in [1.54, 1.807) is 6.07 Å². The minimum absolute atomic E-state index is 0.00364. The van der Waals surface area contributed by atoms with Crippen molar-refractivity contribution in [2.24, 2.45) is 0 Å². The Kier molecular flexibility index (Phi) is 6.36. The van der Waals surface area contributed by atoms with Gasteiger partial charge in [-0.1, -0.05) is 12.1 Å². The number of morpholine rings is 1. The van der Waals surface area contributed by atoms with E-state index in [4.69, 9.17) is 4.74 Å². The molecular formula is C20H18F3N3O4. The van der Waals surface area contributed by atoms with Crippen LogP contribution in [0.3, 0.4) is 0 Å². The van der Waals surface area contributed by atoms with Crippen LogP contribution in [-0.2, 0) is 15.7 Å². The molecule has 158 valence electrons. The van der Waals surface area contributed by atoms with E-state index in [0.717, 1.165) is 18.2 Å². The number of amides is 1. The lowest BCUT2D eigenvalue weighted by Crippen LogP contribution is -2.36. The average molecular weight is 421 g/mol. The van der Waals surface area contributed by atoms with E-state index in [0.29, 0.717) is 32.0 Å². The number of benzene rings is 2. The molecule has 10 heteroatoms. The molecule has 0 spiro atoms. The number of nitro benzene ring substituents is 1. The van der Waals surface area contributed by atoms with Gasteiger partial charge in [-0.25, -0.2) is 0 Å². The summed E-state index contributed by atoms with van der Waals surface area (Å²) >= 11 is 0. The summed E-state index contributed by atoms with van der Waals surface area (Å²) in [6.07, 6.45) is -2.27. The highest BCUT2D eigenvalue weighted by molar-refractivity contribution is 6.04. The summed E-state index contributed by atoms with van der Waals surface area (Å²) in [4.78, 5) is 24.7. The molecule has 1 aliphatic heterocycles. The molecule has 1 aliphatic rings. The highest BCUT2D eigenvalue weighted by atomic mass is 19.4. The van der Waals surface area contributed by atoms with Gasteiger partial charge in [-0.15, -0.1) is 0 Å². The van der Waals surface area contributed by atoms with E-state index in [-0.39, 0.29) is 16.9 Å². The molecule has 1 heterocycles. The van der Waals surface area contributed by atoms with E-state index >= 15 is 0 Å². The van der Waals surface area contributed by atoms with Crippen LogP contribution in [0.4, 0.5) is 30.2 Å². The number of halogens is 3. The summed E-state index contributed by atoms with van der Waals surface area (Å²) in [5.41, 5.74) is -0.426. The summed E-state index contributed by atoms with van der Waals surface area (Å²) in [5, 5.41) is 13.5. The van der Waals surface area contributed by atoms with E-state index in [1.165, 1.54) is 30.3 Å². The maximum Gasteiger partial charge on any atom is 0.416 e. The second-order valence-corrected chi connectivity index (χ2v) is 6.47. The Morgan fingerprint density at radius 2 is 1.87 bits per heavy atom. The van der Waals surface area contributed by atoms with Crippen LogP contribution in [0.1, 0.15) is 11.1 Å². The van der Waals surface area contributed by atoms with Gasteiger partial charge in [0.2, 0.25) is 5.91 Å². The number of rotatable bonds is 5. The molecule has 1 N–H and O–H groups in total. The number of nitro groups is 1. The largest absolute Gasteiger partial charge is 0.416 e. The molecule has 30 heavy (non-hydrogen) atoms. The first-order valence-corrected chi connectivity index (χ1v) is 9.02. The van der Waals surface area contributed by atoms with Crippen LogP contribution >= 0.6 is 0 Å². The molecule has 0 aliphatic carbocycles. The molecule has 0 saturated carbocycles. The zero-order chi connectivity index (χ0) is 21.7. The summed E-state index contributed by atoms with van der Waals surface area (Å²) in [7, 11) is 0. The zero-order valence-electron chi connectivity index (χ0n) is 15.7. The van der Waals surface area contributed by atoms with Crippen LogP contribution in [-0.4, -0.2) is 37.1 Å². The zero-order valence-corrected chi connectivity index (χ0v) is 15.7. The summed E-state index contributed by atoms with van der Waals surface area (Å²) in [6, 6.07) is 8.98. The quantitative estimate of drug-likeness (QED) is 0.446. The van der Waals surface area contributed by atoms with Gasteiger partial charge in [0.15, 0.2) is 0 Å². The van der Waals surface area contributed by atoms with Crippen molar-refractivity contribution in [1.82, 2.24) is 0 Å². The predicted molar refractivity (Wildman–Crippen MR) is 105 cm³/mol. The van der Waals surface area contributed by atoms with Gasteiger partial charge >= 0.3 is 6.18 Å². The molecule has 0 atom stereocenters. The number of alkyl halides is 3. The number of ether oxygens (including phenoxy) is 1. The SMILES string of the molecule is O=C(/C=C/c1ccccc1[N+](=O)[O-])Nc1cc(C(F)(F)F)ccc1N1CCOCC1. The Morgan fingerprint density at radius 3 is 2.53 bits per heavy atom. The molecule has 1 fully saturated rings. The fourth-order valence-corrected chi connectivity index (χ4v) is 3.03. The monoisotopic (exact) mass is 421 g/mol. The van der Waals surface area contributed by atoms with Crippen LogP contribution in [0.5, 0.6) is 0 Å². The van der Waals surface area contributed by atoms with E-state index in [2.05, 4.69) is 5.32 Å². The van der Waals surface area contributed by atoms with Crippen molar-refractivity contribution in [2.45, 2.75) is 6.18 Å². The minimum atomic E-state index is -4.57. The lowest BCUT2D eigenvalue weighted by atomic mass is 10.1. The first kappa shape index (κ1) is 21.3. The second kappa shape index (κ2) is 8.95. The molecule has 1 amide bonds. The Bertz CT molecular complexity index is 970. The molecule has 3 rings (SSSR count). The fourth-order valence-electron chi connectivity index (χ4n) is 3.03. The molecule has 0 unspecified atom stereocenters. The van der Waals surface area contributed by atoms with Gasteiger partial charge in [0, 0.05) is 25.2 Å². The van der Waals surface area contributed by atoms with Crippen molar-refractivity contribution in [1.29, 1.82) is 0 Å². The number of para-hydroxylation sites is 1. The number of carbonyl (C=O) groups excluding carboxylic acids is 1. The van der Waals surface area contributed by atoms with Gasteiger partial charge in [-0.2, -0.15) is 13.2 Å². The molecule has 7 nitrogen and oxygen atoms in total. The van der Waals surface area contributed by atoms with Crippen LogP contribution in [0.25, 0.3) is 6.08 Å². The highest BCUT2D eigenvalue weighted by Gasteiger charge is 2.31. The highest BCUT2D eigenvalue weighted by Crippen LogP contribution is 2.35. The summed E-state index contributed by atoms with van der Waals surface area (Å²) in [5.74, 6) is -0.706. The van der Waals surface area contributed by atoms with Gasteiger partial charge in [-0.3, -0.25) is 14.9 Å². The van der Waals surface area contributed by atoms with Crippen molar-refractivity contribution < 1.29 is 27.6 Å². The third-order valence-corrected chi connectivity index (χ3v) is 4.48. The van der Waals surface area contributed by atoms with Crippen LogP contribution in [0.15, 0.2) is 48.5 Å². The minimum Gasteiger partial charge on any atom is -0.378 e. The predicted octanol–water partition coefficient (Wildman–Crippen LogP) is 4.10. The lowest BCUT2D eigenvalue weighted by molar-refractivity contribution is -0.385. The number of hydrogen-bond donors (Lipinski definition) is 1. The molecule has 0 bridgehead atoms. The maximum absolute atomic E-state index is 13.1. The Hall–Kier alpha value is -3.40. The van der Waals surface area contributed by atoms with Gasteiger partial charge in [-0.05, 0) is 30.3 Å². The van der Waals surface area contributed by atoms with E-state index in [9.17, 15) is 28.1 Å². The average Bonchev–Trinajstić information content (AvgIpc) is 2.72. The summed E-state index contributed by atoms with van der Waals surface area (Å²) in [6.45, 7) is 1.79. The van der Waals surface area contributed by atoms with Crippen molar-refractivity contribution in [3.63, 3.8) is 0 Å². The molecule has 1 saturated heterocycles. The van der Waals surface area contributed by atoms with Gasteiger partial charge in [0.1, 0.15) is 0 Å². The van der Waals surface area contributed by atoms with Crippen LogP contribution < -0.4 is 10.2 Å². The second-order valence-electron chi connectivity index (χ2n) is 6.47. The van der Waals surface area contributed by atoms with Crippen LogP contribution in [0, 0.1) is 10.1 Å². The summed E-state index contributed by atoms with van der Waals surface area (Å²) < 4.78 is 44.7. The van der Waals surface area contributed by atoms with Gasteiger partial charge < -0.3 is 15.0 Å². The topological polar surface area (TPSA) is 84.7 Å². The molecule has 0 aromatic heterocycles. The van der Waals surface area contributed by atoms with Crippen LogP contribution in [0.2, 0.25) is 0 Å². The number of carbonyl (C=O) groups is 1. The van der Waals surface area contributed by atoms with Gasteiger partial charge in [0.25, 0.3) is 5.69 Å². The van der Waals surface area contributed by atoms with Crippen molar-refractivity contribution in [2.75, 3.05) is 36.5 Å². The van der Waals surface area contributed by atoms with Crippen molar-refractivity contribution in [3.05, 3.63) is 69.8 Å². The Balaban J connectivity index is 1.86. The smallest absolute Gasteiger partial charge is 0.378 e. The molecule has 2 aromatic rings. The standard InChI is InChI=1S/C20H18F3N3O4/c21-20(22,23)15-6-7-18(25-9-11-30-12-10-25)16(13-15)24-19(27)8-5-14-3-1-2-4-17(14)26(28)29/h1-8,13H,9-12H2,(H,24,27)/b8-5+. The number of anilines is 2. The fraction of sp³-hybridized carbons (Fsp3) is 0.250. The molecular weight excluding hydrogens is 403 g/mol. The maximum atomic E-state index is 13.1. The van der Waals surface area contributed by atoms with Crippen molar-refractivity contribution >= 4 is 29.0 Å². The Labute approximate surface area is 169 Å². The Morgan fingerprint density at radius 1 is 1.17 bits per heavy atom. The third-order valence-electron chi connectivity index (χ3n) is 4.48. The molecule has 2 aromatic carbocycles. The normalized spacial score (nSPS) is 14.7.